The van der Waals surface area contributed by atoms with Crippen molar-refractivity contribution >= 4 is 34.8 Å². The highest BCUT2D eigenvalue weighted by atomic mass is 32.1. The van der Waals surface area contributed by atoms with Crippen molar-refractivity contribution in [2.75, 3.05) is 26.9 Å². The smallest absolute Gasteiger partial charge is 0.338 e. The topological polar surface area (TPSA) is 145 Å². The molecular formula is C37H33N3O9S. The lowest BCUT2D eigenvalue weighted by Gasteiger charge is -2.26. The van der Waals surface area contributed by atoms with Gasteiger partial charge in [0.15, 0.2) is 16.3 Å². The Bertz CT molecular complexity index is 2290. The van der Waals surface area contributed by atoms with Crippen LogP contribution in [0.4, 0.5) is 5.69 Å². The first-order valence-corrected chi connectivity index (χ1v) is 16.7. The van der Waals surface area contributed by atoms with Crippen LogP contribution in [-0.4, -0.2) is 42.4 Å². The Morgan fingerprint density at radius 1 is 0.960 bits per heavy atom. The molecule has 0 aliphatic carbocycles. The molecule has 1 atom stereocenters. The van der Waals surface area contributed by atoms with E-state index in [1.54, 1.807) is 43.3 Å². The summed E-state index contributed by atoms with van der Waals surface area (Å²) >= 11 is 1.14. The molecule has 3 aromatic carbocycles. The van der Waals surface area contributed by atoms with Gasteiger partial charge in [0.25, 0.3) is 11.2 Å². The Kier molecular flexibility index (Phi) is 9.95. The minimum atomic E-state index is -0.932. The minimum absolute atomic E-state index is 0.116. The molecule has 0 unspecified atom stereocenters. The van der Waals surface area contributed by atoms with Crippen LogP contribution in [0.5, 0.6) is 17.2 Å². The number of nitro groups is 1. The summed E-state index contributed by atoms with van der Waals surface area (Å²) in [7, 11) is 1.46. The maximum absolute atomic E-state index is 14.4. The number of ether oxygens (including phenoxy) is 4. The van der Waals surface area contributed by atoms with Crippen LogP contribution in [0.2, 0.25) is 0 Å². The van der Waals surface area contributed by atoms with E-state index in [9.17, 15) is 19.7 Å². The summed E-state index contributed by atoms with van der Waals surface area (Å²) in [5.74, 6) is 1.42. The molecule has 12 nitrogen and oxygen atoms in total. The molecule has 0 saturated heterocycles. The second-order valence-electron chi connectivity index (χ2n) is 10.8. The van der Waals surface area contributed by atoms with E-state index < -0.39 is 22.5 Å². The molecule has 0 fully saturated rings. The number of rotatable bonds is 12. The highest BCUT2D eigenvalue weighted by Crippen LogP contribution is 2.39. The number of nitrogens with zero attached hydrogens (tertiary/aromatic N) is 3. The third kappa shape index (κ3) is 6.54. The average Bonchev–Trinajstić information content (AvgIpc) is 3.72. The van der Waals surface area contributed by atoms with Crippen LogP contribution in [0.1, 0.15) is 43.7 Å². The second kappa shape index (κ2) is 14.7. The molecular weight excluding hydrogens is 662 g/mol. The number of nitro benzene ring substituents is 1. The van der Waals surface area contributed by atoms with E-state index in [4.69, 9.17) is 28.4 Å². The van der Waals surface area contributed by atoms with Crippen LogP contribution in [0, 0.1) is 10.1 Å². The Morgan fingerprint density at radius 2 is 1.70 bits per heavy atom. The zero-order chi connectivity index (χ0) is 35.4. The van der Waals surface area contributed by atoms with Crippen molar-refractivity contribution in [2.24, 2.45) is 4.99 Å². The number of methoxy groups -OCH3 is 1. The number of hydrogen-bond acceptors (Lipinski definition) is 11. The molecule has 13 heteroatoms. The Hall–Kier alpha value is -5.95. The lowest BCUT2D eigenvalue weighted by molar-refractivity contribution is -0.384. The van der Waals surface area contributed by atoms with Crippen molar-refractivity contribution in [3.05, 3.63) is 131 Å². The maximum Gasteiger partial charge on any atom is 0.338 e. The van der Waals surface area contributed by atoms with E-state index >= 15 is 0 Å². The van der Waals surface area contributed by atoms with Gasteiger partial charge < -0.3 is 23.4 Å². The van der Waals surface area contributed by atoms with Crippen molar-refractivity contribution < 1.29 is 33.1 Å². The fraction of sp³-hybridized carbons (Fsp3) is 0.216. The van der Waals surface area contributed by atoms with Gasteiger partial charge >= 0.3 is 5.97 Å². The van der Waals surface area contributed by atoms with Gasteiger partial charge in [-0.05, 0) is 56.7 Å². The lowest BCUT2D eigenvalue weighted by Crippen LogP contribution is -2.40. The third-order valence-corrected chi connectivity index (χ3v) is 8.80. The predicted octanol–water partition coefficient (Wildman–Crippen LogP) is 5.91. The monoisotopic (exact) mass is 695 g/mol. The van der Waals surface area contributed by atoms with Crippen molar-refractivity contribution in [1.29, 1.82) is 0 Å². The molecule has 0 N–H and O–H groups in total. The number of carbonyl (C=O) groups is 1. The maximum atomic E-state index is 14.4. The number of benzene rings is 3. The van der Waals surface area contributed by atoms with Gasteiger partial charge in [-0.15, -0.1) is 0 Å². The fourth-order valence-corrected chi connectivity index (χ4v) is 6.68. The van der Waals surface area contributed by atoms with Crippen LogP contribution in [0.3, 0.4) is 0 Å². The SMILES string of the molecule is CCOC(=O)C1=C(c2ccccc2)N=c2sc(=Cc3ccc(-c4cc([N+](=O)[O-])ccc4OC)o3)c(=O)n2[C@@H]1c1ccc(OCC)c(OCC)c1. The molecule has 50 heavy (non-hydrogen) atoms. The number of fused-ring (bicyclic) bond motifs is 1. The summed E-state index contributed by atoms with van der Waals surface area (Å²) in [4.78, 5) is 44.4. The molecule has 0 bridgehead atoms. The number of esters is 1. The number of furan rings is 1. The fourth-order valence-electron chi connectivity index (χ4n) is 5.70. The number of hydrogen-bond donors (Lipinski definition) is 0. The lowest BCUT2D eigenvalue weighted by atomic mass is 9.93. The van der Waals surface area contributed by atoms with Gasteiger partial charge in [0.1, 0.15) is 17.3 Å². The number of aromatic nitrogens is 1. The molecule has 0 radical (unpaired) electrons. The van der Waals surface area contributed by atoms with Gasteiger partial charge in [-0.2, -0.15) is 0 Å². The van der Waals surface area contributed by atoms with E-state index in [2.05, 4.69) is 0 Å². The highest BCUT2D eigenvalue weighted by molar-refractivity contribution is 7.07. The number of carbonyl (C=O) groups excluding carboxylic acids is 1. The first-order valence-electron chi connectivity index (χ1n) is 15.9. The highest BCUT2D eigenvalue weighted by Gasteiger charge is 2.35. The zero-order valence-electron chi connectivity index (χ0n) is 27.7. The van der Waals surface area contributed by atoms with E-state index in [1.165, 1.54) is 29.9 Å². The molecule has 1 aliphatic heterocycles. The molecule has 5 aromatic rings. The Morgan fingerprint density at radius 3 is 2.40 bits per heavy atom. The summed E-state index contributed by atoms with van der Waals surface area (Å²) < 4.78 is 30.5. The molecule has 6 rings (SSSR count). The Labute approximate surface area is 290 Å². The van der Waals surface area contributed by atoms with Crippen molar-refractivity contribution in [2.45, 2.75) is 26.8 Å². The van der Waals surface area contributed by atoms with Gasteiger partial charge in [-0.1, -0.05) is 47.7 Å². The summed E-state index contributed by atoms with van der Waals surface area (Å²) in [5.41, 5.74) is 1.69. The zero-order valence-corrected chi connectivity index (χ0v) is 28.5. The quantitative estimate of drug-likeness (QED) is 0.0884. The van der Waals surface area contributed by atoms with E-state index in [0.29, 0.717) is 69.2 Å². The molecule has 0 saturated carbocycles. The van der Waals surface area contributed by atoms with Gasteiger partial charge in [-0.3, -0.25) is 19.5 Å². The van der Waals surface area contributed by atoms with E-state index in [-0.39, 0.29) is 22.4 Å². The summed E-state index contributed by atoms with van der Waals surface area (Å²) in [5, 5.41) is 11.4. The van der Waals surface area contributed by atoms with Crippen molar-refractivity contribution in [3.8, 4) is 28.6 Å². The van der Waals surface area contributed by atoms with Crippen LogP contribution >= 0.6 is 11.3 Å². The average molecular weight is 696 g/mol. The van der Waals surface area contributed by atoms with Crippen molar-refractivity contribution in [1.82, 2.24) is 4.57 Å². The Balaban J connectivity index is 1.56. The van der Waals surface area contributed by atoms with Gasteiger partial charge in [0.2, 0.25) is 0 Å². The summed E-state index contributed by atoms with van der Waals surface area (Å²) in [6.45, 7) is 6.36. The molecule has 0 amide bonds. The van der Waals surface area contributed by atoms with Gasteiger partial charge in [0.05, 0.1) is 59.3 Å². The van der Waals surface area contributed by atoms with Crippen LogP contribution < -0.4 is 29.1 Å². The van der Waals surface area contributed by atoms with Crippen LogP contribution in [0.25, 0.3) is 23.1 Å². The summed E-state index contributed by atoms with van der Waals surface area (Å²) in [6, 6.07) is 21.2. The predicted molar refractivity (Wildman–Crippen MR) is 187 cm³/mol. The molecule has 3 heterocycles. The number of non-ortho nitro benzene ring substituents is 1. The number of thiazole rings is 1. The molecule has 2 aromatic heterocycles. The van der Waals surface area contributed by atoms with Gasteiger partial charge in [-0.25, -0.2) is 9.79 Å². The standard InChI is InChI=1S/C37H33N3O9S/c1-5-46-29-16-13-23(19-30(29)47-6-2)34-32(36(42)48-7-3)33(22-11-9-8-10-12-22)38-37-39(34)35(41)31(50-37)21-25-15-18-28(49-25)26-20-24(40(43)44)14-17-27(26)45-4/h8-21,34H,5-7H2,1-4H3/t34-/m1/s1. The third-order valence-electron chi connectivity index (χ3n) is 7.82. The van der Waals surface area contributed by atoms with Crippen LogP contribution in [-0.2, 0) is 9.53 Å². The molecule has 1 aliphatic rings. The normalized spacial score (nSPS) is 14.2. The van der Waals surface area contributed by atoms with E-state index in [1.807, 2.05) is 44.2 Å². The molecule has 256 valence electrons. The first-order chi connectivity index (χ1) is 24.3. The molecule has 0 spiro atoms. The second-order valence-corrected chi connectivity index (χ2v) is 11.9. The largest absolute Gasteiger partial charge is 0.496 e. The minimum Gasteiger partial charge on any atom is -0.496 e. The van der Waals surface area contributed by atoms with Crippen molar-refractivity contribution in [3.63, 3.8) is 0 Å². The summed E-state index contributed by atoms with van der Waals surface area (Å²) in [6.07, 6.45) is 1.58. The van der Waals surface area contributed by atoms with E-state index in [0.717, 1.165) is 11.3 Å². The van der Waals surface area contributed by atoms with Crippen LogP contribution in [0.15, 0.2) is 98.6 Å². The van der Waals surface area contributed by atoms with Gasteiger partial charge in [0, 0.05) is 23.8 Å². The first kappa shape index (κ1) is 33.9.